The molecule has 1 radical (unpaired) electrons. The Morgan fingerprint density at radius 1 is 1.73 bits per heavy atom. The molecule has 0 aromatic rings. The maximum Gasteiger partial charge on any atom is 0.416 e. The standard InChI is InChI=1S/C7H10NO3/c1-2-11-7(10)8-5-3-4-6(8)9/h2H,3-5H2,1H3. The zero-order valence-corrected chi connectivity index (χ0v) is 6.37. The van der Waals surface area contributed by atoms with Gasteiger partial charge in [0.25, 0.3) is 0 Å². The van der Waals surface area contributed by atoms with Crippen molar-refractivity contribution < 1.29 is 14.3 Å². The van der Waals surface area contributed by atoms with Gasteiger partial charge in [0.15, 0.2) is 0 Å². The quantitative estimate of drug-likeness (QED) is 0.567. The van der Waals surface area contributed by atoms with Crippen LogP contribution in [0.2, 0.25) is 0 Å². The van der Waals surface area contributed by atoms with Gasteiger partial charge >= 0.3 is 6.09 Å². The van der Waals surface area contributed by atoms with Crippen LogP contribution in [0.3, 0.4) is 0 Å². The van der Waals surface area contributed by atoms with Crippen LogP contribution in [0.15, 0.2) is 0 Å². The molecule has 1 aliphatic rings. The number of likely N-dealkylation sites (tertiary alicyclic amines) is 1. The summed E-state index contributed by atoms with van der Waals surface area (Å²) in [6.45, 7) is 3.36. The molecule has 0 spiro atoms. The third-order valence-electron chi connectivity index (χ3n) is 1.51. The van der Waals surface area contributed by atoms with Gasteiger partial charge < -0.3 is 4.74 Å². The van der Waals surface area contributed by atoms with Gasteiger partial charge in [-0.15, -0.1) is 0 Å². The number of hydrogen-bond donors (Lipinski definition) is 0. The SMILES string of the molecule is C[CH]OC(=O)N1CCCC1=O. The molecule has 4 heteroatoms. The molecule has 1 saturated heterocycles. The smallest absolute Gasteiger partial charge is 0.416 e. The molecule has 11 heavy (non-hydrogen) atoms. The molecule has 1 heterocycles. The molecule has 4 nitrogen and oxygen atoms in total. The molecule has 0 atom stereocenters. The fraction of sp³-hybridized carbons (Fsp3) is 0.571. The van der Waals surface area contributed by atoms with E-state index in [-0.39, 0.29) is 5.91 Å². The van der Waals surface area contributed by atoms with Crippen LogP contribution in [0.5, 0.6) is 0 Å². The first-order valence-electron chi connectivity index (χ1n) is 3.54. The van der Waals surface area contributed by atoms with Gasteiger partial charge in [-0.05, 0) is 13.3 Å². The molecule has 0 bridgehead atoms. The average Bonchev–Trinajstić information content (AvgIpc) is 2.36. The van der Waals surface area contributed by atoms with Crippen molar-refractivity contribution in [2.45, 2.75) is 19.8 Å². The number of nitrogens with zero attached hydrogens (tertiary/aromatic N) is 1. The number of ether oxygens (including phenoxy) is 1. The second-order valence-corrected chi connectivity index (χ2v) is 2.27. The number of carbonyl (C=O) groups is 2. The van der Waals surface area contributed by atoms with Gasteiger partial charge in [0, 0.05) is 13.0 Å². The molecule has 0 saturated carbocycles. The maximum absolute atomic E-state index is 10.9. The zero-order chi connectivity index (χ0) is 8.27. The van der Waals surface area contributed by atoms with E-state index in [0.717, 1.165) is 11.3 Å². The van der Waals surface area contributed by atoms with Crippen LogP contribution in [0.25, 0.3) is 0 Å². The fourth-order valence-corrected chi connectivity index (χ4v) is 1.01. The van der Waals surface area contributed by atoms with Crippen molar-refractivity contribution in [3.8, 4) is 0 Å². The molecule has 1 rings (SSSR count). The summed E-state index contributed by atoms with van der Waals surface area (Å²) in [5.41, 5.74) is 0. The van der Waals surface area contributed by atoms with Crippen LogP contribution >= 0.6 is 0 Å². The third-order valence-corrected chi connectivity index (χ3v) is 1.51. The molecule has 61 valence electrons. The highest BCUT2D eigenvalue weighted by Crippen LogP contribution is 2.10. The van der Waals surface area contributed by atoms with Gasteiger partial charge in [-0.3, -0.25) is 4.79 Å². The Labute approximate surface area is 65.1 Å². The lowest BCUT2D eigenvalue weighted by Gasteiger charge is -2.11. The molecular weight excluding hydrogens is 146 g/mol. The Morgan fingerprint density at radius 2 is 2.45 bits per heavy atom. The van der Waals surface area contributed by atoms with Gasteiger partial charge in [0.2, 0.25) is 5.91 Å². The highest BCUT2D eigenvalue weighted by Gasteiger charge is 2.27. The number of imide groups is 1. The minimum Gasteiger partial charge on any atom is -0.442 e. The Bertz CT molecular complexity index is 179. The predicted octanol–water partition coefficient (Wildman–Crippen LogP) is 0.927. The van der Waals surface area contributed by atoms with Crippen LogP contribution in [0.1, 0.15) is 19.8 Å². The fourth-order valence-electron chi connectivity index (χ4n) is 1.01. The van der Waals surface area contributed by atoms with Gasteiger partial charge in [-0.2, -0.15) is 0 Å². The van der Waals surface area contributed by atoms with Crippen molar-refractivity contribution in [1.82, 2.24) is 4.90 Å². The van der Waals surface area contributed by atoms with Gasteiger partial charge in [0.05, 0.1) is 0 Å². The van der Waals surface area contributed by atoms with Gasteiger partial charge in [0.1, 0.15) is 6.61 Å². The van der Waals surface area contributed by atoms with E-state index in [1.807, 2.05) is 0 Å². The van der Waals surface area contributed by atoms with Crippen LogP contribution in [-0.4, -0.2) is 23.4 Å². The Balaban J connectivity index is 2.46. The second kappa shape index (κ2) is 3.37. The van der Waals surface area contributed by atoms with Crippen molar-refractivity contribution >= 4 is 12.0 Å². The summed E-state index contributed by atoms with van der Waals surface area (Å²) >= 11 is 0. The van der Waals surface area contributed by atoms with Crippen LogP contribution in [-0.2, 0) is 9.53 Å². The second-order valence-electron chi connectivity index (χ2n) is 2.27. The summed E-state index contributed by atoms with van der Waals surface area (Å²) < 4.78 is 4.54. The number of carbonyl (C=O) groups excluding carboxylic acids is 2. The summed E-state index contributed by atoms with van der Waals surface area (Å²) in [4.78, 5) is 22.9. The summed E-state index contributed by atoms with van der Waals surface area (Å²) in [5.74, 6) is -0.142. The number of amides is 2. The first kappa shape index (κ1) is 8.04. The Hall–Kier alpha value is -1.06. The lowest BCUT2D eigenvalue weighted by Crippen LogP contribution is -2.31. The van der Waals surface area contributed by atoms with E-state index in [1.165, 1.54) is 6.61 Å². The highest BCUT2D eigenvalue weighted by molar-refractivity contribution is 5.93. The number of rotatable bonds is 1. The first-order chi connectivity index (χ1) is 5.25. The normalized spacial score (nSPS) is 17.2. The number of hydrogen-bond acceptors (Lipinski definition) is 3. The Kier molecular flexibility index (Phi) is 2.46. The maximum atomic E-state index is 10.9. The summed E-state index contributed by atoms with van der Waals surface area (Å²) in [6, 6.07) is 0. The molecule has 0 aliphatic carbocycles. The average molecular weight is 156 g/mol. The minimum atomic E-state index is -0.560. The molecule has 1 fully saturated rings. The molecule has 1 aliphatic heterocycles. The third kappa shape index (κ3) is 1.69. The lowest BCUT2D eigenvalue weighted by molar-refractivity contribution is -0.126. The van der Waals surface area contributed by atoms with Crippen molar-refractivity contribution in [3.05, 3.63) is 6.61 Å². The molecule has 0 aromatic heterocycles. The van der Waals surface area contributed by atoms with Crippen LogP contribution < -0.4 is 0 Å². The highest BCUT2D eigenvalue weighted by atomic mass is 16.6. The van der Waals surface area contributed by atoms with E-state index in [9.17, 15) is 9.59 Å². The van der Waals surface area contributed by atoms with E-state index >= 15 is 0 Å². The minimum absolute atomic E-state index is 0.142. The topological polar surface area (TPSA) is 46.6 Å². The largest absolute Gasteiger partial charge is 0.442 e. The van der Waals surface area contributed by atoms with Crippen LogP contribution in [0, 0.1) is 6.61 Å². The summed E-state index contributed by atoms with van der Waals surface area (Å²) in [5, 5.41) is 0. The monoisotopic (exact) mass is 156 g/mol. The molecular formula is C7H10NO3. The van der Waals surface area contributed by atoms with E-state index in [2.05, 4.69) is 4.74 Å². The van der Waals surface area contributed by atoms with E-state index in [0.29, 0.717) is 13.0 Å². The van der Waals surface area contributed by atoms with Gasteiger partial charge in [-0.1, -0.05) is 0 Å². The van der Waals surface area contributed by atoms with Crippen molar-refractivity contribution in [3.63, 3.8) is 0 Å². The van der Waals surface area contributed by atoms with Crippen molar-refractivity contribution in [2.24, 2.45) is 0 Å². The van der Waals surface area contributed by atoms with Crippen molar-refractivity contribution in [1.29, 1.82) is 0 Å². The molecule has 0 N–H and O–H groups in total. The first-order valence-corrected chi connectivity index (χ1v) is 3.54. The van der Waals surface area contributed by atoms with E-state index in [4.69, 9.17) is 0 Å². The molecule has 0 unspecified atom stereocenters. The van der Waals surface area contributed by atoms with Gasteiger partial charge in [-0.25, -0.2) is 9.69 Å². The Morgan fingerprint density at radius 3 is 2.91 bits per heavy atom. The summed E-state index contributed by atoms with van der Waals surface area (Å²) in [7, 11) is 0. The van der Waals surface area contributed by atoms with Crippen LogP contribution in [0.4, 0.5) is 4.79 Å². The summed E-state index contributed by atoms with van der Waals surface area (Å²) in [6.07, 6.45) is 0.645. The molecule has 2 amide bonds. The van der Waals surface area contributed by atoms with E-state index < -0.39 is 6.09 Å². The van der Waals surface area contributed by atoms with Crippen molar-refractivity contribution in [2.75, 3.05) is 6.54 Å². The lowest BCUT2D eigenvalue weighted by atomic mass is 10.4. The van der Waals surface area contributed by atoms with E-state index in [1.54, 1.807) is 6.92 Å². The predicted molar refractivity (Wildman–Crippen MR) is 37.4 cm³/mol. The molecule has 0 aromatic carbocycles. The zero-order valence-electron chi connectivity index (χ0n) is 6.37.